The van der Waals surface area contributed by atoms with E-state index in [0.29, 0.717) is 13.2 Å². The molecule has 112 valence electrons. The average molecular weight is 415 g/mol. The Morgan fingerprint density at radius 1 is 1.10 bits per heavy atom. The normalized spacial score (nSPS) is 10.5. The Morgan fingerprint density at radius 2 is 1.76 bits per heavy atom. The molecule has 21 heavy (non-hydrogen) atoms. The molecule has 0 amide bonds. The summed E-state index contributed by atoms with van der Waals surface area (Å²) in [6.07, 6.45) is 0.837. The summed E-state index contributed by atoms with van der Waals surface area (Å²) >= 11 is 7.10. The summed E-state index contributed by atoms with van der Waals surface area (Å²) in [7, 11) is 1.66. The lowest BCUT2D eigenvalue weighted by atomic mass is 10.1. The fourth-order valence-corrected chi connectivity index (χ4v) is 3.54. The Balaban J connectivity index is 2.16. The monoisotopic (exact) mass is 413 g/mol. The van der Waals surface area contributed by atoms with Crippen LogP contribution in [0.4, 0.5) is 0 Å². The first-order valence-corrected chi connectivity index (χ1v) is 8.17. The lowest BCUT2D eigenvalue weighted by Crippen LogP contribution is -2.04. The molecule has 0 unspecified atom stereocenters. The predicted octanol–water partition coefficient (Wildman–Crippen LogP) is 4.30. The van der Waals surface area contributed by atoms with Crippen LogP contribution in [0.15, 0.2) is 45.3 Å². The number of para-hydroxylation sites is 1. The average Bonchev–Trinajstić information content (AvgIpc) is 2.47. The molecule has 0 atom stereocenters. The van der Waals surface area contributed by atoms with Crippen LogP contribution in [-0.4, -0.2) is 13.7 Å². The molecular weight excluding hydrogens is 398 g/mol. The van der Waals surface area contributed by atoms with Crippen LogP contribution in [0.1, 0.15) is 11.1 Å². The Bertz CT molecular complexity index is 594. The maximum Gasteiger partial charge on any atom is 0.148 e. The molecule has 0 saturated carbocycles. The van der Waals surface area contributed by atoms with E-state index in [1.54, 1.807) is 7.11 Å². The molecule has 0 radical (unpaired) electrons. The summed E-state index contributed by atoms with van der Waals surface area (Å²) in [5.41, 5.74) is 7.76. The van der Waals surface area contributed by atoms with Crippen LogP contribution in [0, 0.1) is 0 Å². The van der Waals surface area contributed by atoms with Crippen LogP contribution in [0.25, 0.3) is 0 Å². The first-order valence-electron chi connectivity index (χ1n) is 6.58. The van der Waals surface area contributed by atoms with Crippen molar-refractivity contribution < 1.29 is 9.47 Å². The summed E-state index contributed by atoms with van der Waals surface area (Å²) in [6.45, 7) is 1.07. The first-order chi connectivity index (χ1) is 10.2. The van der Waals surface area contributed by atoms with Gasteiger partial charge in [0.25, 0.3) is 0 Å². The summed E-state index contributed by atoms with van der Waals surface area (Å²) in [5.74, 6) is 1.60. The highest BCUT2D eigenvalue weighted by molar-refractivity contribution is 9.11. The minimum Gasteiger partial charge on any atom is -0.496 e. The zero-order valence-corrected chi connectivity index (χ0v) is 14.9. The van der Waals surface area contributed by atoms with Crippen molar-refractivity contribution in [2.45, 2.75) is 13.0 Å². The number of halogens is 2. The zero-order valence-electron chi connectivity index (χ0n) is 11.7. The van der Waals surface area contributed by atoms with Crippen molar-refractivity contribution in [3.05, 3.63) is 56.5 Å². The largest absolute Gasteiger partial charge is 0.496 e. The van der Waals surface area contributed by atoms with Crippen LogP contribution in [0.3, 0.4) is 0 Å². The molecule has 0 spiro atoms. The van der Waals surface area contributed by atoms with Gasteiger partial charge in [0.05, 0.1) is 16.1 Å². The van der Waals surface area contributed by atoms with Crippen molar-refractivity contribution in [1.29, 1.82) is 0 Å². The second-order valence-electron chi connectivity index (χ2n) is 4.53. The topological polar surface area (TPSA) is 44.5 Å². The molecule has 0 heterocycles. The molecule has 0 bridgehead atoms. The third-order valence-electron chi connectivity index (χ3n) is 3.06. The second-order valence-corrected chi connectivity index (χ2v) is 6.24. The van der Waals surface area contributed by atoms with Crippen LogP contribution in [-0.2, 0) is 13.0 Å². The van der Waals surface area contributed by atoms with Crippen molar-refractivity contribution in [3.63, 3.8) is 0 Å². The van der Waals surface area contributed by atoms with Gasteiger partial charge in [-0.05, 0) is 68.6 Å². The molecule has 2 aromatic rings. The van der Waals surface area contributed by atoms with Gasteiger partial charge in [-0.25, -0.2) is 0 Å². The van der Waals surface area contributed by atoms with Gasteiger partial charge < -0.3 is 15.2 Å². The third-order valence-corrected chi connectivity index (χ3v) is 4.23. The maximum absolute atomic E-state index is 5.92. The van der Waals surface area contributed by atoms with Crippen LogP contribution in [0.2, 0.25) is 0 Å². The van der Waals surface area contributed by atoms with Crippen molar-refractivity contribution in [3.8, 4) is 11.5 Å². The van der Waals surface area contributed by atoms with Crippen molar-refractivity contribution in [1.82, 2.24) is 0 Å². The maximum atomic E-state index is 5.92. The lowest BCUT2D eigenvalue weighted by Gasteiger charge is -2.14. The van der Waals surface area contributed by atoms with E-state index >= 15 is 0 Å². The number of hydrogen-bond acceptors (Lipinski definition) is 3. The van der Waals surface area contributed by atoms with E-state index in [9.17, 15) is 0 Å². The SMILES string of the molecule is COc1ccccc1COc1c(Br)cc(CCN)cc1Br. The summed E-state index contributed by atoms with van der Waals surface area (Å²) in [4.78, 5) is 0. The van der Waals surface area contributed by atoms with Crippen molar-refractivity contribution in [2.75, 3.05) is 13.7 Å². The first kappa shape index (κ1) is 16.3. The van der Waals surface area contributed by atoms with Gasteiger partial charge in [-0.2, -0.15) is 0 Å². The Labute approximate surface area is 141 Å². The molecule has 2 rings (SSSR count). The lowest BCUT2D eigenvalue weighted by molar-refractivity contribution is 0.293. The molecule has 3 nitrogen and oxygen atoms in total. The van der Waals surface area contributed by atoms with Crippen LogP contribution >= 0.6 is 31.9 Å². The minimum absolute atomic E-state index is 0.442. The van der Waals surface area contributed by atoms with Gasteiger partial charge in [-0.1, -0.05) is 18.2 Å². The van der Waals surface area contributed by atoms with Crippen LogP contribution in [0.5, 0.6) is 11.5 Å². The van der Waals surface area contributed by atoms with E-state index in [1.807, 2.05) is 36.4 Å². The Morgan fingerprint density at radius 3 is 2.38 bits per heavy atom. The summed E-state index contributed by atoms with van der Waals surface area (Å²) in [6, 6.07) is 11.9. The molecular formula is C16H17Br2NO2. The van der Waals surface area contributed by atoms with E-state index in [4.69, 9.17) is 15.2 Å². The van der Waals surface area contributed by atoms with E-state index in [0.717, 1.165) is 32.4 Å². The van der Waals surface area contributed by atoms with E-state index in [2.05, 4.69) is 31.9 Å². The quantitative estimate of drug-likeness (QED) is 0.766. The number of nitrogens with two attached hydrogens (primary N) is 1. The highest BCUT2D eigenvalue weighted by Gasteiger charge is 2.10. The number of benzene rings is 2. The standard InChI is InChI=1S/C16H17Br2NO2/c1-20-15-5-3-2-4-12(15)10-21-16-13(17)8-11(6-7-19)9-14(16)18/h2-5,8-9H,6-7,10,19H2,1H3. The van der Waals surface area contributed by atoms with Gasteiger partial charge >= 0.3 is 0 Å². The van der Waals surface area contributed by atoms with Gasteiger partial charge in [0.15, 0.2) is 0 Å². The molecule has 2 N–H and O–H groups in total. The van der Waals surface area contributed by atoms with E-state index in [-0.39, 0.29) is 0 Å². The highest BCUT2D eigenvalue weighted by atomic mass is 79.9. The molecule has 0 fully saturated rings. The zero-order chi connectivity index (χ0) is 15.2. The third kappa shape index (κ3) is 4.22. The molecule has 0 aliphatic heterocycles. The minimum atomic E-state index is 0.442. The van der Waals surface area contributed by atoms with Crippen molar-refractivity contribution in [2.24, 2.45) is 5.73 Å². The van der Waals surface area contributed by atoms with E-state index < -0.39 is 0 Å². The smallest absolute Gasteiger partial charge is 0.148 e. The molecule has 2 aromatic carbocycles. The van der Waals surface area contributed by atoms with Gasteiger partial charge in [0.1, 0.15) is 18.1 Å². The number of ether oxygens (including phenoxy) is 2. The number of hydrogen-bond donors (Lipinski definition) is 1. The van der Waals surface area contributed by atoms with Gasteiger partial charge in [-0.3, -0.25) is 0 Å². The molecule has 5 heteroatoms. The molecule has 0 aliphatic rings. The molecule has 0 aliphatic carbocycles. The van der Waals surface area contributed by atoms with Crippen molar-refractivity contribution >= 4 is 31.9 Å². The number of rotatable bonds is 6. The fourth-order valence-electron chi connectivity index (χ4n) is 2.03. The second kappa shape index (κ2) is 7.82. The summed E-state index contributed by atoms with van der Waals surface area (Å²) < 4.78 is 13.1. The molecule has 0 aromatic heterocycles. The number of methoxy groups -OCH3 is 1. The van der Waals surface area contributed by atoms with Gasteiger partial charge in [0.2, 0.25) is 0 Å². The fraction of sp³-hybridized carbons (Fsp3) is 0.250. The van der Waals surface area contributed by atoms with Gasteiger partial charge in [0, 0.05) is 5.56 Å². The van der Waals surface area contributed by atoms with Gasteiger partial charge in [-0.15, -0.1) is 0 Å². The Kier molecular flexibility index (Phi) is 6.08. The summed E-state index contributed by atoms with van der Waals surface area (Å²) in [5, 5.41) is 0. The predicted molar refractivity (Wildman–Crippen MR) is 91.9 cm³/mol. The van der Waals surface area contributed by atoms with E-state index in [1.165, 1.54) is 5.56 Å². The Hall–Kier alpha value is -1.04. The highest BCUT2D eigenvalue weighted by Crippen LogP contribution is 2.36. The molecule has 0 saturated heterocycles. The van der Waals surface area contributed by atoms with Crippen LogP contribution < -0.4 is 15.2 Å².